The average molecular weight is 370 g/mol. The van der Waals surface area contributed by atoms with Crippen molar-refractivity contribution in [2.45, 2.75) is 70.6 Å². The number of carbonyl (C=O) groups excluding carboxylic acids is 1. The first-order valence-electron chi connectivity index (χ1n) is 9.88. The van der Waals surface area contributed by atoms with Crippen molar-refractivity contribution in [1.82, 2.24) is 4.90 Å². The summed E-state index contributed by atoms with van der Waals surface area (Å²) in [5.41, 5.74) is 0. The number of hydrogen-bond acceptors (Lipinski definition) is 4. The zero-order chi connectivity index (χ0) is 18.6. The Morgan fingerprint density at radius 1 is 0.840 bits per heavy atom. The molecule has 4 heteroatoms. The number of carbonyl (C=O) groups is 1. The van der Waals surface area contributed by atoms with Gasteiger partial charge < -0.3 is 9.64 Å². The maximum absolute atomic E-state index is 11.6. The fraction of sp³-hybridized carbons (Fsp3) is 0.762. The Kier molecular flexibility index (Phi) is 19.0. The summed E-state index contributed by atoms with van der Waals surface area (Å²) in [6.45, 7) is 1.62. The average Bonchev–Trinajstić information content (AvgIpc) is 2.58. The summed E-state index contributed by atoms with van der Waals surface area (Å²) in [6.07, 6.45) is 20.6. The molecule has 0 aliphatic carbocycles. The number of ether oxygens (including phenoxy) is 1. The predicted octanol–water partition coefficient (Wildman–Crippen LogP) is 5.42. The van der Waals surface area contributed by atoms with Crippen LogP contribution in [0.25, 0.3) is 0 Å². The molecular weight excluding hydrogens is 330 g/mol. The molecule has 3 nitrogen and oxygen atoms in total. The van der Waals surface area contributed by atoms with E-state index in [0.29, 0.717) is 13.0 Å². The predicted molar refractivity (Wildman–Crippen MR) is 112 cm³/mol. The third kappa shape index (κ3) is 21.2. The van der Waals surface area contributed by atoms with Crippen molar-refractivity contribution in [2.24, 2.45) is 0 Å². The number of esters is 1. The minimum Gasteiger partial charge on any atom is -0.466 e. The van der Waals surface area contributed by atoms with E-state index in [4.69, 9.17) is 4.74 Å². The van der Waals surface area contributed by atoms with E-state index in [-0.39, 0.29) is 5.97 Å². The van der Waals surface area contributed by atoms with E-state index in [2.05, 4.69) is 55.9 Å². The molecule has 0 radical (unpaired) electrons. The highest BCUT2D eigenvalue weighted by Gasteiger charge is 2.01. The number of rotatable bonds is 17. The van der Waals surface area contributed by atoms with Gasteiger partial charge in [-0.05, 0) is 90.6 Å². The summed E-state index contributed by atoms with van der Waals surface area (Å²) in [5.74, 6) is 0.896. The van der Waals surface area contributed by atoms with Gasteiger partial charge in [0.2, 0.25) is 0 Å². The van der Waals surface area contributed by atoms with E-state index in [0.717, 1.165) is 57.2 Å². The Balaban J connectivity index is 3.29. The molecule has 0 heterocycles. The molecule has 0 fully saturated rings. The van der Waals surface area contributed by atoms with Gasteiger partial charge >= 0.3 is 5.97 Å². The van der Waals surface area contributed by atoms with Gasteiger partial charge in [-0.3, -0.25) is 4.79 Å². The van der Waals surface area contributed by atoms with Crippen molar-refractivity contribution in [3.8, 4) is 0 Å². The van der Waals surface area contributed by atoms with Gasteiger partial charge in [0.05, 0.1) is 6.61 Å². The molecule has 25 heavy (non-hydrogen) atoms. The quantitative estimate of drug-likeness (QED) is 0.161. The van der Waals surface area contributed by atoms with Gasteiger partial charge in [0, 0.05) is 6.42 Å². The first-order chi connectivity index (χ1) is 12.2. The molecule has 0 saturated carbocycles. The third-order valence-electron chi connectivity index (χ3n) is 3.89. The molecule has 0 spiro atoms. The summed E-state index contributed by atoms with van der Waals surface area (Å²) < 4.78 is 5.25. The molecule has 0 aromatic heterocycles. The number of allylic oxidation sites excluding steroid dienone is 4. The summed E-state index contributed by atoms with van der Waals surface area (Å²) in [6, 6.07) is 0. The summed E-state index contributed by atoms with van der Waals surface area (Å²) in [5, 5.41) is 0. The normalized spacial score (nSPS) is 11.8. The zero-order valence-electron chi connectivity index (χ0n) is 16.4. The van der Waals surface area contributed by atoms with Crippen LogP contribution in [-0.2, 0) is 9.53 Å². The van der Waals surface area contributed by atoms with Crippen LogP contribution in [0.1, 0.15) is 70.6 Å². The van der Waals surface area contributed by atoms with Gasteiger partial charge in [-0.1, -0.05) is 24.3 Å². The Hall–Kier alpha value is -0.740. The molecule has 0 rings (SSSR count). The number of thiol groups is 1. The van der Waals surface area contributed by atoms with Crippen LogP contribution < -0.4 is 0 Å². The second-order valence-corrected chi connectivity index (χ2v) is 7.16. The fourth-order valence-corrected chi connectivity index (χ4v) is 2.54. The lowest BCUT2D eigenvalue weighted by Crippen LogP contribution is -2.14. The van der Waals surface area contributed by atoms with Crippen molar-refractivity contribution in [2.75, 3.05) is 33.0 Å². The number of nitrogens with zero attached hydrogens (tertiary/aromatic N) is 1. The molecule has 0 unspecified atom stereocenters. The highest BCUT2D eigenvalue weighted by atomic mass is 32.1. The van der Waals surface area contributed by atoms with Gasteiger partial charge in [0.15, 0.2) is 0 Å². The molecule has 0 atom stereocenters. The Bertz CT molecular complexity index is 354. The Labute approximate surface area is 161 Å². The first-order valence-corrected chi connectivity index (χ1v) is 10.5. The van der Waals surface area contributed by atoms with E-state index >= 15 is 0 Å². The van der Waals surface area contributed by atoms with E-state index < -0.39 is 0 Å². The van der Waals surface area contributed by atoms with Crippen LogP contribution in [0, 0.1) is 0 Å². The topological polar surface area (TPSA) is 29.5 Å². The van der Waals surface area contributed by atoms with Gasteiger partial charge in [0.1, 0.15) is 0 Å². The first kappa shape index (κ1) is 24.3. The molecule has 0 amide bonds. The van der Waals surface area contributed by atoms with Crippen LogP contribution in [0.4, 0.5) is 0 Å². The smallest absolute Gasteiger partial charge is 0.305 e. The van der Waals surface area contributed by atoms with Gasteiger partial charge in [0.25, 0.3) is 0 Å². The lowest BCUT2D eigenvalue weighted by molar-refractivity contribution is -0.143. The lowest BCUT2D eigenvalue weighted by atomic mass is 10.1. The van der Waals surface area contributed by atoms with E-state index in [9.17, 15) is 4.79 Å². The van der Waals surface area contributed by atoms with Gasteiger partial charge in [-0.2, -0.15) is 12.6 Å². The van der Waals surface area contributed by atoms with Crippen LogP contribution in [0.15, 0.2) is 24.3 Å². The van der Waals surface area contributed by atoms with Crippen LogP contribution in [0.3, 0.4) is 0 Å². The maximum Gasteiger partial charge on any atom is 0.305 e. The zero-order valence-corrected chi connectivity index (χ0v) is 17.3. The lowest BCUT2D eigenvalue weighted by Gasteiger charge is -2.09. The minimum atomic E-state index is -0.0418. The van der Waals surface area contributed by atoms with E-state index in [1.807, 2.05) is 0 Å². The molecule has 0 N–H and O–H groups in total. The van der Waals surface area contributed by atoms with Crippen molar-refractivity contribution in [3.63, 3.8) is 0 Å². The molecule has 0 aromatic rings. The molecule has 0 saturated heterocycles. The monoisotopic (exact) mass is 369 g/mol. The molecule has 0 aromatic carbocycles. The van der Waals surface area contributed by atoms with Crippen molar-refractivity contribution in [1.29, 1.82) is 0 Å². The van der Waals surface area contributed by atoms with Crippen LogP contribution in [0.2, 0.25) is 0 Å². The molecule has 0 bridgehead atoms. The van der Waals surface area contributed by atoms with Crippen molar-refractivity contribution in [3.05, 3.63) is 24.3 Å². The largest absolute Gasteiger partial charge is 0.466 e. The minimum absolute atomic E-state index is 0.0418. The van der Waals surface area contributed by atoms with Gasteiger partial charge in [-0.15, -0.1) is 0 Å². The van der Waals surface area contributed by atoms with Crippen LogP contribution >= 0.6 is 12.6 Å². The van der Waals surface area contributed by atoms with Gasteiger partial charge in [-0.25, -0.2) is 0 Å². The number of unbranched alkanes of at least 4 members (excludes halogenated alkanes) is 6. The van der Waals surface area contributed by atoms with Crippen molar-refractivity contribution < 1.29 is 9.53 Å². The SMILES string of the molecule is CN(C)CCCCOC(=O)CCCC/C=C\CCCC/C=C\CCS. The molecule has 0 aliphatic heterocycles. The second kappa shape index (κ2) is 19.6. The molecule has 146 valence electrons. The fourth-order valence-electron chi connectivity index (χ4n) is 2.39. The van der Waals surface area contributed by atoms with E-state index in [1.54, 1.807) is 0 Å². The van der Waals surface area contributed by atoms with Crippen molar-refractivity contribution >= 4 is 18.6 Å². The Morgan fingerprint density at radius 3 is 1.96 bits per heavy atom. The van der Waals surface area contributed by atoms with Crippen LogP contribution in [-0.4, -0.2) is 43.9 Å². The highest BCUT2D eigenvalue weighted by Crippen LogP contribution is 2.06. The Morgan fingerprint density at radius 2 is 1.40 bits per heavy atom. The van der Waals surface area contributed by atoms with E-state index in [1.165, 1.54) is 19.3 Å². The summed E-state index contributed by atoms with van der Waals surface area (Å²) in [4.78, 5) is 13.7. The standard InChI is InChI=1S/C21H39NO2S/c1-22(2)18-14-15-19-24-21(23)17-13-11-9-7-5-3-4-6-8-10-12-16-20-25/h5,7,10,12,25H,3-4,6,8-9,11,13-20H2,1-2H3/b7-5-,12-10-. The second-order valence-electron chi connectivity index (χ2n) is 6.72. The molecule has 0 aliphatic rings. The highest BCUT2D eigenvalue weighted by molar-refractivity contribution is 7.80. The molecular formula is C21H39NO2S. The summed E-state index contributed by atoms with van der Waals surface area (Å²) >= 11 is 4.18. The maximum atomic E-state index is 11.6. The third-order valence-corrected chi connectivity index (χ3v) is 4.14. The van der Waals surface area contributed by atoms with Crippen LogP contribution in [0.5, 0.6) is 0 Å². The number of hydrogen-bond donors (Lipinski definition) is 1. The summed E-state index contributed by atoms with van der Waals surface area (Å²) in [7, 11) is 4.12.